The molecular formula is C12H10N2O3. The van der Waals surface area contributed by atoms with Crippen molar-refractivity contribution >= 4 is 17.5 Å². The van der Waals surface area contributed by atoms with Crippen molar-refractivity contribution in [2.45, 2.75) is 5.66 Å². The summed E-state index contributed by atoms with van der Waals surface area (Å²) < 4.78 is 0. The molecule has 17 heavy (non-hydrogen) atoms. The highest BCUT2D eigenvalue weighted by molar-refractivity contribution is 6.33. The monoisotopic (exact) mass is 230 g/mol. The SMILES string of the molecule is C=CC(=O)NC1(N)C(=O)c2ccccc2C1=O. The molecule has 0 heterocycles. The van der Waals surface area contributed by atoms with Gasteiger partial charge >= 0.3 is 0 Å². The van der Waals surface area contributed by atoms with Gasteiger partial charge in [0.1, 0.15) is 0 Å². The lowest BCUT2D eigenvalue weighted by Gasteiger charge is -2.20. The number of amides is 1. The topological polar surface area (TPSA) is 89.3 Å². The molecule has 0 radical (unpaired) electrons. The van der Waals surface area contributed by atoms with E-state index in [1.54, 1.807) is 12.1 Å². The summed E-state index contributed by atoms with van der Waals surface area (Å²) in [5.41, 5.74) is 4.14. The minimum atomic E-state index is -2.00. The van der Waals surface area contributed by atoms with E-state index in [1.165, 1.54) is 12.1 Å². The van der Waals surface area contributed by atoms with Gasteiger partial charge in [0.15, 0.2) is 0 Å². The summed E-state index contributed by atoms with van der Waals surface area (Å²) in [6.45, 7) is 3.24. The first-order valence-electron chi connectivity index (χ1n) is 4.93. The van der Waals surface area contributed by atoms with Crippen molar-refractivity contribution in [3.63, 3.8) is 0 Å². The first kappa shape index (κ1) is 11.2. The number of carbonyl (C=O) groups excluding carboxylic acids is 3. The van der Waals surface area contributed by atoms with Crippen LogP contribution in [0.1, 0.15) is 20.7 Å². The quantitative estimate of drug-likeness (QED) is 0.426. The van der Waals surface area contributed by atoms with Gasteiger partial charge < -0.3 is 5.32 Å². The second-order valence-electron chi connectivity index (χ2n) is 3.71. The Hall–Kier alpha value is -2.27. The van der Waals surface area contributed by atoms with Gasteiger partial charge in [0.2, 0.25) is 23.1 Å². The molecule has 0 fully saturated rings. The van der Waals surface area contributed by atoms with E-state index in [0.29, 0.717) is 0 Å². The Morgan fingerprint density at radius 2 is 1.71 bits per heavy atom. The zero-order valence-corrected chi connectivity index (χ0v) is 8.90. The summed E-state index contributed by atoms with van der Waals surface area (Å²) in [4.78, 5) is 35.2. The fourth-order valence-electron chi connectivity index (χ4n) is 1.77. The highest BCUT2D eigenvalue weighted by atomic mass is 16.2. The van der Waals surface area contributed by atoms with Crippen molar-refractivity contribution in [3.05, 3.63) is 48.0 Å². The number of benzene rings is 1. The number of nitrogens with one attached hydrogen (secondary N) is 1. The van der Waals surface area contributed by atoms with Crippen molar-refractivity contribution in [3.8, 4) is 0 Å². The molecule has 0 saturated carbocycles. The molecule has 0 atom stereocenters. The molecule has 5 nitrogen and oxygen atoms in total. The van der Waals surface area contributed by atoms with Crippen LogP contribution in [0.3, 0.4) is 0 Å². The van der Waals surface area contributed by atoms with Crippen LogP contribution in [-0.4, -0.2) is 23.1 Å². The van der Waals surface area contributed by atoms with Crippen LogP contribution in [0.5, 0.6) is 0 Å². The molecule has 86 valence electrons. The Balaban J connectivity index is 2.48. The molecule has 2 rings (SSSR count). The van der Waals surface area contributed by atoms with Gasteiger partial charge in [-0.3, -0.25) is 20.1 Å². The molecule has 1 amide bonds. The van der Waals surface area contributed by atoms with E-state index >= 15 is 0 Å². The Labute approximate surface area is 97.3 Å². The second kappa shape index (κ2) is 3.64. The molecule has 0 spiro atoms. The summed E-state index contributed by atoms with van der Waals surface area (Å²) >= 11 is 0. The highest BCUT2D eigenvalue weighted by Gasteiger charge is 2.50. The van der Waals surface area contributed by atoms with Crippen molar-refractivity contribution in [1.29, 1.82) is 0 Å². The zero-order chi connectivity index (χ0) is 12.6. The molecular weight excluding hydrogens is 220 g/mol. The number of rotatable bonds is 2. The van der Waals surface area contributed by atoms with Crippen molar-refractivity contribution in [2.24, 2.45) is 5.73 Å². The van der Waals surface area contributed by atoms with Crippen LogP contribution < -0.4 is 11.1 Å². The third-order valence-electron chi connectivity index (χ3n) is 2.64. The Morgan fingerprint density at radius 1 is 1.24 bits per heavy atom. The van der Waals surface area contributed by atoms with Gasteiger partial charge in [0.25, 0.3) is 0 Å². The third kappa shape index (κ3) is 1.48. The number of ketones is 2. The summed E-state index contributed by atoms with van der Waals surface area (Å²) in [5.74, 6) is -1.87. The molecule has 1 aromatic rings. The Morgan fingerprint density at radius 3 is 2.12 bits per heavy atom. The van der Waals surface area contributed by atoms with E-state index in [-0.39, 0.29) is 11.1 Å². The predicted molar refractivity (Wildman–Crippen MR) is 60.4 cm³/mol. The van der Waals surface area contributed by atoms with Gasteiger partial charge in [0.05, 0.1) is 0 Å². The summed E-state index contributed by atoms with van der Waals surface area (Å²) in [5, 5.41) is 2.17. The number of fused-ring (bicyclic) bond motifs is 1. The molecule has 1 aliphatic carbocycles. The molecule has 3 N–H and O–H groups in total. The van der Waals surface area contributed by atoms with E-state index in [1.807, 2.05) is 0 Å². The van der Waals surface area contributed by atoms with E-state index in [4.69, 9.17) is 5.73 Å². The summed E-state index contributed by atoms with van der Waals surface area (Å²) in [6.07, 6.45) is 0.957. The maximum absolute atomic E-state index is 12.0. The maximum atomic E-state index is 12.0. The number of hydrogen-bond donors (Lipinski definition) is 2. The summed E-state index contributed by atoms with van der Waals surface area (Å²) in [6, 6.07) is 6.27. The van der Waals surface area contributed by atoms with Crippen molar-refractivity contribution in [2.75, 3.05) is 0 Å². The van der Waals surface area contributed by atoms with E-state index in [2.05, 4.69) is 11.9 Å². The van der Waals surface area contributed by atoms with Crippen LogP contribution in [-0.2, 0) is 4.79 Å². The average molecular weight is 230 g/mol. The molecule has 0 aromatic heterocycles. The lowest BCUT2D eigenvalue weighted by atomic mass is 10.1. The molecule has 5 heteroatoms. The first-order valence-corrected chi connectivity index (χ1v) is 4.93. The number of Topliss-reactive ketones (excluding diaryl/α,β-unsaturated/α-hetero) is 2. The van der Waals surface area contributed by atoms with E-state index < -0.39 is 23.1 Å². The molecule has 0 aliphatic heterocycles. The van der Waals surface area contributed by atoms with Crippen LogP contribution >= 0.6 is 0 Å². The van der Waals surface area contributed by atoms with Crippen LogP contribution in [0.15, 0.2) is 36.9 Å². The zero-order valence-electron chi connectivity index (χ0n) is 8.90. The van der Waals surface area contributed by atoms with Gasteiger partial charge in [-0.25, -0.2) is 0 Å². The maximum Gasteiger partial charge on any atom is 0.245 e. The fourth-order valence-corrected chi connectivity index (χ4v) is 1.77. The van der Waals surface area contributed by atoms with Crippen LogP contribution in [0.2, 0.25) is 0 Å². The number of nitrogens with two attached hydrogens (primary N) is 1. The predicted octanol–water partition coefficient (Wildman–Crippen LogP) is 0.0228. The fraction of sp³-hybridized carbons (Fsp3) is 0.0833. The molecule has 1 aliphatic rings. The normalized spacial score (nSPS) is 16.5. The van der Waals surface area contributed by atoms with Crippen molar-refractivity contribution < 1.29 is 14.4 Å². The summed E-state index contributed by atoms with van der Waals surface area (Å²) in [7, 11) is 0. The first-order chi connectivity index (χ1) is 8.00. The molecule has 0 unspecified atom stereocenters. The van der Waals surface area contributed by atoms with E-state index in [0.717, 1.165) is 6.08 Å². The lowest BCUT2D eigenvalue weighted by Crippen LogP contribution is -2.63. The standard InChI is InChI=1S/C12H10N2O3/c1-2-9(15)14-12(13)10(16)7-5-3-4-6-8(7)11(12)17/h2-6H,1,13H2,(H,14,15). The highest BCUT2D eigenvalue weighted by Crippen LogP contribution is 2.26. The third-order valence-corrected chi connectivity index (χ3v) is 2.64. The average Bonchev–Trinajstić information content (AvgIpc) is 2.53. The number of carbonyl (C=O) groups is 3. The van der Waals surface area contributed by atoms with Crippen LogP contribution in [0, 0.1) is 0 Å². The Bertz CT molecular complexity index is 513. The van der Waals surface area contributed by atoms with Crippen molar-refractivity contribution in [1.82, 2.24) is 5.32 Å². The van der Waals surface area contributed by atoms with Gasteiger partial charge in [-0.05, 0) is 6.08 Å². The molecule has 1 aromatic carbocycles. The minimum Gasteiger partial charge on any atom is -0.321 e. The minimum absolute atomic E-state index is 0.226. The van der Waals surface area contributed by atoms with Crippen LogP contribution in [0.4, 0.5) is 0 Å². The van der Waals surface area contributed by atoms with Gasteiger partial charge in [0, 0.05) is 11.1 Å². The van der Waals surface area contributed by atoms with Crippen LogP contribution in [0.25, 0.3) is 0 Å². The Kier molecular flexibility index (Phi) is 2.40. The molecule has 0 bridgehead atoms. The van der Waals surface area contributed by atoms with E-state index in [9.17, 15) is 14.4 Å². The van der Waals surface area contributed by atoms with Gasteiger partial charge in [-0.15, -0.1) is 0 Å². The largest absolute Gasteiger partial charge is 0.321 e. The second-order valence-corrected chi connectivity index (χ2v) is 3.71. The van der Waals surface area contributed by atoms with Gasteiger partial charge in [-0.1, -0.05) is 30.8 Å². The lowest BCUT2D eigenvalue weighted by molar-refractivity contribution is -0.117. The smallest absolute Gasteiger partial charge is 0.245 e. The number of hydrogen-bond acceptors (Lipinski definition) is 4. The van der Waals surface area contributed by atoms with Gasteiger partial charge in [-0.2, -0.15) is 0 Å². The molecule has 0 saturated heterocycles.